The summed E-state index contributed by atoms with van der Waals surface area (Å²) < 4.78 is 4.91. The molecule has 0 atom stereocenters. The van der Waals surface area contributed by atoms with E-state index in [9.17, 15) is 4.79 Å². The molecule has 13 heavy (non-hydrogen) atoms. The van der Waals surface area contributed by atoms with Crippen molar-refractivity contribution in [1.29, 1.82) is 0 Å². The lowest BCUT2D eigenvalue weighted by atomic mass is 10.2. The zero-order valence-electron chi connectivity index (χ0n) is 8.20. The van der Waals surface area contributed by atoms with Crippen molar-refractivity contribution in [1.82, 2.24) is 0 Å². The molecule has 0 radical (unpaired) electrons. The number of para-hydroxylation sites is 1. The molecule has 1 rings (SSSR count). The van der Waals surface area contributed by atoms with Gasteiger partial charge in [-0.05, 0) is 12.1 Å². The van der Waals surface area contributed by atoms with Crippen LogP contribution in [0.1, 0.15) is 24.2 Å². The van der Waals surface area contributed by atoms with Gasteiger partial charge in [0.2, 0.25) is 0 Å². The molecule has 0 saturated carbocycles. The van der Waals surface area contributed by atoms with E-state index in [0.29, 0.717) is 11.3 Å². The summed E-state index contributed by atoms with van der Waals surface area (Å²) in [7, 11) is 1.50. The number of primary amides is 1. The van der Waals surface area contributed by atoms with Gasteiger partial charge < -0.3 is 10.5 Å². The number of benzene rings is 1. The Morgan fingerprint density at radius 3 is 2.23 bits per heavy atom. The maximum Gasteiger partial charge on any atom is 0.252 e. The predicted octanol–water partition coefficient (Wildman–Crippen LogP) is 1.82. The summed E-state index contributed by atoms with van der Waals surface area (Å²) in [5, 5.41) is 0. The maximum atomic E-state index is 10.7. The summed E-state index contributed by atoms with van der Waals surface area (Å²) in [5.41, 5.74) is 5.48. The first-order valence-electron chi connectivity index (χ1n) is 4.18. The zero-order chi connectivity index (χ0) is 10.3. The van der Waals surface area contributed by atoms with Crippen LogP contribution < -0.4 is 10.5 Å². The van der Waals surface area contributed by atoms with Gasteiger partial charge in [-0.1, -0.05) is 26.0 Å². The van der Waals surface area contributed by atoms with Crippen LogP contribution in [0.2, 0.25) is 0 Å². The van der Waals surface area contributed by atoms with Gasteiger partial charge in [0.05, 0.1) is 12.7 Å². The van der Waals surface area contributed by atoms with Crippen LogP contribution >= 0.6 is 0 Å². The Balaban J connectivity index is 0.000000671. The second kappa shape index (κ2) is 6.06. The minimum atomic E-state index is -0.470. The molecule has 0 saturated heterocycles. The van der Waals surface area contributed by atoms with Crippen molar-refractivity contribution in [3.8, 4) is 5.75 Å². The first-order chi connectivity index (χ1) is 6.25. The van der Waals surface area contributed by atoms with Crippen molar-refractivity contribution in [3.05, 3.63) is 29.8 Å². The molecular formula is C10H15NO2. The smallest absolute Gasteiger partial charge is 0.252 e. The molecule has 72 valence electrons. The van der Waals surface area contributed by atoms with E-state index in [1.54, 1.807) is 24.3 Å². The van der Waals surface area contributed by atoms with Crippen molar-refractivity contribution in [2.75, 3.05) is 7.11 Å². The van der Waals surface area contributed by atoms with Crippen LogP contribution in [0.4, 0.5) is 0 Å². The van der Waals surface area contributed by atoms with Crippen molar-refractivity contribution in [2.24, 2.45) is 5.73 Å². The maximum absolute atomic E-state index is 10.7. The van der Waals surface area contributed by atoms with Crippen molar-refractivity contribution >= 4 is 5.91 Å². The first kappa shape index (κ1) is 11.5. The molecule has 0 aromatic heterocycles. The second-order valence-electron chi connectivity index (χ2n) is 2.06. The second-order valence-corrected chi connectivity index (χ2v) is 2.06. The molecule has 1 amide bonds. The summed E-state index contributed by atoms with van der Waals surface area (Å²) in [6.45, 7) is 4.00. The highest BCUT2D eigenvalue weighted by molar-refractivity contribution is 5.95. The number of carbonyl (C=O) groups is 1. The number of methoxy groups -OCH3 is 1. The third-order valence-electron chi connectivity index (χ3n) is 1.37. The van der Waals surface area contributed by atoms with Gasteiger partial charge in [-0.2, -0.15) is 0 Å². The van der Waals surface area contributed by atoms with Gasteiger partial charge in [-0.15, -0.1) is 0 Å². The molecule has 0 aliphatic heterocycles. The summed E-state index contributed by atoms with van der Waals surface area (Å²) in [4.78, 5) is 10.7. The number of carbonyl (C=O) groups excluding carboxylic acids is 1. The first-order valence-corrected chi connectivity index (χ1v) is 4.18. The van der Waals surface area contributed by atoms with Crippen LogP contribution in [-0.2, 0) is 0 Å². The van der Waals surface area contributed by atoms with E-state index in [4.69, 9.17) is 10.5 Å². The predicted molar refractivity (Wildman–Crippen MR) is 52.9 cm³/mol. The molecule has 0 fully saturated rings. The monoisotopic (exact) mass is 181 g/mol. The van der Waals surface area contributed by atoms with E-state index in [1.807, 2.05) is 13.8 Å². The highest BCUT2D eigenvalue weighted by atomic mass is 16.5. The molecule has 0 heterocycles. The molecule has 0 aliphatic rings. The number of hydrogen-bond acceptors (Lipinski definition) is 2. The molecule has 0 aliphatic carbocycles. The number of hydrogen-bond donors (Lipinski definition) is 1. The molecule has 3 nitrogen and oxygen atoms in total. The minimum Gasteiger partial charge on any atom is -0.496 e. The lowest BCUT2D eigenvalue weighted by Crippen LogP contribution is -2.11. The van der Waals surface area contributed by atoms with Gasteiger partial charge in [0.1, 0.15) is 5.75 Å². The van der Waals surface area contributed by atoms with Crippen LogP contribution in [0, 0.1) is 0 Å². The van der Waals surface area contributed by atoms with Gasteiger partial charge in [0, 0.05) is 0 Å². The van der Waals surface area contributed by atoms with Crippen LogP contribution in [0.5, 0.6) is 5.75 Å². The average Bonchev–Trinajstić information content (AvgIpc) is 2.20. The molecular weight excluding hydrogens is 166 g/mol. The van der Waals surface area contributed by atoms with Gasteiger partial charge in [0.15, 0.2) is 0 Å². The fourth-order valence-electron chi connectivity index (χ4n) is 0.848. The van der Waals surface area contributed by atoms with Crippen molar-refractivity contribution in [3.63, 3.8) is 0 Å². The topological polar surface area (TPSA) is 52.3 Å². The Morgan fingerprint density at radius 2 is 1.85 bits per heavy atom. The Hall–Kier alpha value is -1.51. The van der Waals surface area contributed by atoms with Crippen molar-refractivity contribution < 1.29 is 9.53 Å². The largest absolute Gasteiger partial charge is 0.496 e. The minimum absolute atomic E-state index is 0.412. The third kappa shape index (κ3) is 3.15. The highest BCUT2D eigenvalue weighted by Crippen LogP contribution is 2.15. The summed E-state index contributed by atoms with van der Waals surface area (Å²) >= 11 is 0. The van der Waals surface area contributed by atoms with Gasteiger partial charge in [-0.3, -0.25) is 4.79 Å². The van der Waals surface area contributed by atoms with Gasteiger partial charge in [0.25, 0.3) is 5.91 Å². The van der Waals surface area contributed by atoms with E-state index >= 15 is 0 Å². The number of amides is 1. The SMILES string of the molecule is CC.COc1ccccc1C(N)=O. The van der Waals surface area contributed by atoms with E-state index < -0.39 is 5.91 Å². The van der Waals surface area contributed by atoms with E-state index in [0.717, 1.165) is 0 Å². The lowest BCUT2D eigenvalue weighted by Gasteiger charge is -2.02. The number of rotatable bonds is 2. The molecule has 2 N–H and O–H groups in total. The summed E-state index contributed by atoms with van der Waals surface area (Å²) in [6.07, 6.45) is 0. The zero-order valence-corrected chi connectivity index (χ0v) is 8.20. The molecule has 0 bridgehead atoms. The number of nitrogens with two attached hydrogens (primary N) is 1. The van der Waals surface area contributed by atoms with E-state index in [2.05, 4.69) is 0 Å². The Kier molecular flexibility index (Phi) is 5.35. The van der Waals surface area contributed by atoms with Crippen molar-refractivity contribution in [2.45, 2.75) is 13.8 Å². The molecule has 0 spiro atoms. The molecule has 3 heteroatoms. The highest BCUT2D eigenvalue weighted by Gasteiger charge is 2.05. The van der Waals surface area contributed by atoms with Crippen LogP contribution in [0.25, 0.3) is 0 Å². The summed E-state index contributed by atoms with van der Waals surface area (Å²) in [5.74, 6) is 0.0439. The van der Waals surface area contributed by atoms with E-state index in [-0.39, 0.29) is 0 Å². The fourth-order valence-corrected chi connectivity index (χ4v) is 0.848. The molecule has 1 aromatic rings. The average molecular weight is 181 g/mol. The normalized spacial score (nSPS) is 8.23. The molecule has 1 aromatic carbocycles. The lowest BCUT2D eigenvalue weighted by molar-refractivity contribution is 0.0997. The quantitative estimate of drug-likeness (QED) is 0.756. The number of ether oxygens (including phenoxy) is 1. The van der Waals surface area contributed by atoms with Crippen LogP contribution in [0.15, 0.2) is 24.3 Å². The Bertz CT molecular complexity index is 271. The Morgan fingerprint density at radius 1 is 1.31 bits per heavy atom. The van der Waals surface area contributed by atoms with Gasteiger partial charge >= 0.3 is 0 Å². The molecule has 0 unspecified atom stereocenters. The van der Waals surface area contributed by atoms with Crippen LogP contribution in [0.3, 0.4) is 0 Å². The standard InChI is InChI=1S/C8H9NO2.C2H6/c1-11-7-5-3-2-4-6(7)8(9)10;1-2/h2-5H,1H3,(H2,9,10);1-2H3. The van der Waals surface area contributed by atoms with Gasteiger partial charge in [-0.25, -0.2) is 0 Å². The summed E-state index contributed by atoms with van der Waals surface area (Å²) in [6, 6.07) is 6.84. The fraction of sp³-hybridized carbons (Fsp3) is 0.300. The Labute approximate surface area is 78.5 Å². The third-order valence-corrected chi connectivity index (χ3v) is 1.37. The van der Waals surface area contributed by atoms with Crippen LogP contribution in [-0.4, -0.2) is 13.0 Å². The van der Waals surface area contributed by atoms with E-state index in [1.165, 1.54) is 7.11 Å².